The van der Waals surface area contributed by atoms with Crippen molar-refractivity contribution in [1.82, 2.24) is 4.57 Å². The highest BCUT2D eigenvalue weighted by atomic mass is 32.1. The smallest absolute Gasteiger partial charge is 0.268 e. The quantitative estimate of drug-likeness (QED) is 0.682. The highest BCUT2D eigenvalue weighted by Gasteiger charge is 2.06. The van der Waals surface area contributed by atoms with Crippen LogP contribution in [0.5, 0.6) is 0 Å². The third kappa shape index (κ3) is 3.38. The van der Waals surface area contributed by atoms with Crippen molar-refractivity contribution in [3.63, 3.8) is 0 Å². The molecule has 0 atom stereocenters. The molecule has 3 rings (SSSR count). The molecule has 2 heterocycles. The fourth-order valence-electron chi connectivity index (χ4n) is 2.02. The molecule has 0 bridgehead atoms. The molecule has 6 heteroatoms. The molecule has 23 heavy (non-hydrogen) atoms. The highest BCUT2D eigenvalue weighted by molar-refractivity contribution is 7.12. The molecule has 0 fully saturated rings. The Labute approximate surface area is 139 Å². The average molecular weight is 345 g/mol. The van der Waals surface area contributed by atoms with Crippen molar-refractivity contribution in [3.8, 4) is 0 Å². The van der Waals surface area contributed by atoms with Crippen molar-refractivity contribution >= 4 is 40.6 Å². The molecule has 0 aliphatic carbocycles. The molecule has 2 aromatic heterocycles. The number of halogens is 1. The van der Waals surface area contributed by atoms with Gasteiger partial charge in [0, 0.05) is 13.1 Å². The Morgan fingerprint density at radius 2 is 1.96 bits per heavy atom. The maximum atomic E-state index is 12.9. The van der Waals surface area contributed by atoms with Crippen LogP contribution in [0.25, 0.3) is 12.2 Å². The van der Waals surface area contributed by atoms with E-state index < -0.39 is 0 Å². The van der Waals surface area contributed by atoms with E-state index >= 15 is 0 Å². The van der Waals surface area contributed by atoms with Crippen molar-refractivity contribution in [2.75, 3.05) is 0 Å². The number of Topliss-reactive ketones (excluding diaryl/α,β-unsaturated/α-hetero) is 1. The van der Waals surface area contributed by atoms with Gasteiger partial charge >= 0.3 is 0 Å². The minimum atomic E-state index is -0.322. The average Bonchev–Trinajstić information content (AvgIpc) is 3.15. The Bertz CT molecular complexity index is 1010. The third-order valence-corrected chi connectivity index (χ3v) is 5.24. The zero-order valence-electron chi connectivity index (χ0n) is 12.2. The van der Waals surface area contributed by atoms with Crippen LogP contribution in [0.1, 0.15) is 15.2 Å². The number of nitrogens with zero attached hydrogens (tertiary/aromatic N) is 1. The van der Waals surface area contributed by atoms with E-state index in [1.807, 2.05) is 11.4 Å². The van der Waals surface area contributed by atoms with Crippen molar-refractivity contribution in [3.05, 3.63) is 77.6 Å². The van der Waals surface area contributed by atoms with Crippen LogP contribution >= 0.6 is 22.7 Å². The molecule has 3 aromatic rings. The van der Waals surface area contributed by atoms with Gasteiger partial charge in [-0.2, -0.15) is 0 Å². The van der Waals surface area contributed by atoms with Gasteiger partial charge in [-0.3, -0.25) is 9.59 Å². The maximum Gasteiger partial charge on any atom is 0.268 e. The fraction of sp³-hybridized carbons (Fsp3) is 0.0588. The molecule has 1 aromatic carbocycles. The number of rotatable bonds is 3. The van der Waals surface area contributed by atoms with Gasteiger partial charge in [-0.1, -0.05) is 18.2 Å². The van der Waals surface area contributed by atoms with Gasteiger partial charge in [0.15, 0.2) is 5.78 Å². The van der Waals surface area contributed by atoms with E-state index in [4.69, 9.17) is 0 Å². The summed E-state index contributed by atoms with van der Waals surface area (Å²) in [6.45, 7) is 0. The minimum absolute atomic E-state index is 0.120. The molecule has 0 aliphatic rings. The Hall–Kier alpha value is -2.31. The summed E-state index contributed by atoms with van der Waals surface area (Å²) in [6.07, 6.45) is 3.17. The first-order chi connectivity index (χ1) is 11.0. The van der Waals surface area contributed by atoms with E-state index in [0.29, 0.717) is 14.1 Å². The summed E-state index contributed by atoms with van der Waals surface area (Å²) < 4.78 is 15.5. The lowest BCUT2D eigenvalue weighted by molar-refractivity contribution is 0.106. The van der Waals surface area contributed by atoms with Crippen LogP contribution < -0.4 is 14.8 Å². The summed E-state index contributed by atoms with van der Waals surface area (Å²) in [4.78, 5) is 25.0. The van der Waals surface area contributed by atoms with Gasteiger partial charge in [0.1, 0.15) is 10.5 Å². The SMILES string of the molecule is Cn1c(=O)/c(=C\c2ccc(F)cc2)s/c1=C\C(=O)c1cccs1. The fourth-order valence-corrected chi connectivity index (χ4v) is 3.69. The standard InChI is InChI=1S/C17H12FNO2S2/c1-19-16(10-13(20)14-3-2-8-22-14)23-15(17(19)21)9-11-4-6-12(18)7-5-11/h2-10H,1H3/b15-9+,16-10-. The predicted molar refractivity (Wildman–Crippen MR) is 91.9 cm³/mol. The zero-order valence-corrected chi connectivity index (χ0v) is 13.8. The summed E-state index contributed by atoms with van der Waals surface area (Å²) in [6, 6.07) is 9.46. The third-order valence-electron chi connectivity index (χ3n) is 3.25. The molecular formula is C17H12FNO2S2. The van der Waals surface area contributed by atoms with Gasteiger partial charge in [0.25, 0.3) is 5.56 Å². The van der Waals surface area contributed by atoms with E-state index in [0.717, 1.165) is 5.56 Å². The number of carbonyl (C=O) groups excluding carboxylic acids is 1. The van der Waals surface area contributed by atoms with E-state index in [2.05, 4.69) is 0 Å². The molecule has 0 saturated carbocycles. The van der Waals surface area contributed by atoms with E-state index in [1.165, 1.54) is 45.4 Å². The number of aromatic nitrogens is 1. The topological polar surface area (TPSA) is 39.1 Å². The number of hydrogen-bond donors (Lipinski definition) is 0. The molecule has 0 N–H and O–H groups in total. The summed E-state index contributed by atoms with van der Waals surface area (Å²) >= 11 is 2.60. The number of hydrogen-bond acceptors (Lipinski definition) is 4. The molecule has 116 valence electrons. The van der Waals surface area contributed by atoms with E-state index in [-0.39, 0.29) is 17.2 Å². The normalized spacial score (nSPS) is 12.8. The Morgan fingerprint density at radius 1 is 1.22 bits per heavy atom. The Morgan fingerprint density at radius 3 is 2.61 bits per heavy atom. The molecule has 0 spiro atoms. The maximum absolute atomic E-state index is 12.9. The second-order valence-corrected chi connectivity index (χ2v) is 6.86. The lowest BCUT2D eigenvalue weighted by Gasteiger charge is -1.90. The first kappa shape index (κ1) is 15.6. The van der Waals surface area contributed by atoms with Crippen LogP contribution in [-0.4, -0.2) is 10.4 Å². The molecule has 0 saturated heterocycles. The number of carbonyl (C=O) groups is 1. The first-order valence-corrected chi connectivity index (χ1v) is 8.47. The molecule has 0 aliphatic heterocycles. The van der Waals surface area contributed by atoms with Gasteiger partial charge in [-0.05, 0) is 35.2 Å². The van der Waals surface area contributed by atoms with Crippen LogP contribution in [0.4, 0.5) is 4.39 Å². The van der Waals surface area contributed by atoms with Crippen molar-refractivity contribution in [1.29, 1.82) is 0 Å². The van der Waals surface area contributed by atoms with Gasteiger partial charge < -0.3 is 4.57 Å². The summed E-state index contributed by atoms with van der Waals surface area (Å²) in [5.74, 6) is -0.443. The first-order valence-electron chi connectivity index (χ1n) is 6.77. The largest absolute Gasteiger partial charge is 0.302 e. The van der Waals surface area contributed by atoms with Crippen LogP contribution in [0.2, 0.25) is 0 Å². The lowest BCUT2D eigenvalue weighted by Crippen LogP contribution is -2.29. The van der Waals surface area contributed by atoms with Gasteiger partial charge in [-0.25, -0.2) is 4.39 Å². The van der Waals surface area contributed by atoms with Crippen LogP contribution in [0.15, 0.2) is 46.6 Å². The number of benzene rings is 1. The Balaban J connectivity index is 2.07. The minimum Gasteiger partial charge on any atom is -0.302 e. The second-order valence-electron chi connectivity index (χ2n) is 4.85. The van der Waals surface area contributed by atoms with E-state index in [1.54, 1.807) is 31.3 Å². The lowest BCUT2D eigenvalue weighted by atomic mass is 10.2. The summed E-state index contributed by atoms with van der Waals surface area (Å²) in [5.41, 5.74) is 0.561. The van der Waals surface area contributed by atoms with Crippen molar-refractivity contribution in [2.24, 2.45) is 7.05 Å². The number of ketones is 1. The van der Waals surface area contributed by atoms with Gasteiger partial charge in [0.05, 0.1) is 9.41 Å². The van der Waals surface area contributed by atoms with Crippen molar-refractivity contribution < 1.29 is 9.18 Å². The second kappa shape index (κ2) is 6.44. The summed E-state index contributed by atoms with van der Waals surface area (Å²) in [5, 5.41) is 1.84. The number of thiophene rings is 1. The van der Waals surface area contributed by atoms with Crippen LogP contribution in [0.3, 0.4) is 0 Å². The molecular weight excluding hydrogens is 333 g/mol. The highest BCUT2D eigenvalue weighted by Crippen LogP contribution is 2.09. The van der Waals surface area contributed by atoms with Crippen LogP contribution in [-0.2, 0) is 7.05 Å². The molecule has 0 unspecified atom stereocenters. The number of thiazole rings is 1. The van der Waals surface area contributed by atoms with Crippen LogP contribution in [0, 0.1) is 5.82 Å². The Kier molecular flexibility index (Phi) is 4.36. The predicted octanol–water partition coefficient (Wildman–Crippen LogP) is 2.14. The molecule has 3 nitrogen and oxygen atoms in total. The van der Waals surface area contributed by atoms with E-state index in [9.17, 15) is 14.0 Å². The molecule has 0 amide bonds. The van der Waals surface area contributed by atoms with Crippen molar-refractivity contribution in [2.45, 2.75) is 0 Å². The van der Waals surface area contributed by atoms with Gasteiger partial charge in [0.2, 0.25) is 0 Å². The zero-order chi connectivity index (χ0) is 16.4. The summed E-state index contributed by atoms with van der Waals surface area (Å²) in [7, 11) is 1.63. The molecule has 0 radical (unpaired) electrons. The van der Waals surface area contributed by atoms with Gasteiger partial charge in [-0.15, -0.1) is 22.7 Å². The monoisotopic (exact) mass is 345 g/mol.